The molecule has 2 aromatic carbocycles. The maximum absolute atomic E-state index is 12.8. The molecule has 6 nitrogen and oxygen atoms in total. The lowest BCUT2D eigenvalue weighted by Gasteiger charge is -2.38. The molecule has 2 N–H and O–H groups in total. The third-order valence-corrected chi connectivity index (χ3v) is 6.56. The Morgan fingerprint density at radius 2 is 1.72 bits per heavy atom. The van der Waals surface area contributed by atoms with Crippen molar-refractivity contribution in [1.82, 2.24) is 10.5 Å². The van der Waals surface area contributed by atoms with Gasteiger partial charge in [-0.05, 0) is 35.9 Å². The highest BCUT2D eigenvalue weighted by Crippen LogP contribution is 2.51. The quantitative estimate of drug-likeness (QED) is 0.671. The summed E-state index contributed by atoms with van der Waals surface area (Å²) >= 11 is 0. The lowest BCUT2D eigenvalue weighted by Crippen LogP contribution is -2.45. The highest BCUT2D eigenvalue weighted by atomic mass is 16.7. The topological polar surface area (TPSA) is 75.6 Å². The Labute approximate surface area is 168 Å². The summed E-state index contributed by atoms with van der Waals surface area (Å²) in [5.41, 5.74) is 4.74. The van der Waals surface area contributed by atoms with Gasteiger partial charge in [-0.2, -0.15) is 0 Å². The number of amides is 1. The highest BCUT2D eigenvalue weighted by molar-refractivity contribution is 6.08. The molecule has 1 aromatic heterocycles. The monoisotopic (exact) mass is 384 g/mol. The Morgan fingerprint density at radius 1 is 0.931 bits per heavy atom. The number of anilines is 1. The van der Waals surface area contributed by atoms with E-state index in [4.69, 9.17) is 9.83 Å². The fourth-order valence-corrected chi connectivity index (χ4v) is 4.95. The number of aromatic nitrogens is 1. The van der Waals surface area contributed by atoms with E-state index in [1.165, 1.54) is 0 Å². The molecule has 0 saturated heterocycles. The number of carbonyl (C=O) groups is 1. The van der Waals surface area contributed by atoms with Gasteiger partial charge >= 0.3 is 0 Å². The molecule has 6 rings (SSSR count). The van der Waals surface area contributed by atoms with Crippen LogP contribution in [0.15, 0.2) is 65.8 Å². The SMILES string of the molecule is O=C1Nc2ccccc2C12CCC1(CC2)N=C(c2nccc3ccccc23)NO1. The predicted molar refractivity (Wildman–Crippen MR) is 110 cm³/mol. The van der Waals surface area contributed by atoms with Crippen LogP contribution in [0.3, 0.4) is 0 Å². The summed E-state index contributed by atoms with van der Waals surface area (Å²) < 4.78 is 0. The van der Waals surface area contributed by atoms with E-state index < -0.39 is 11.1 Å². The second kappa shape index (κ2) is 5.87. The molecular formula is C23H20N4O2. The van der Waals surface area contributed by atoms with Gasteiger partial charge in [0.1, 0.15) is 5.69 Å². The lowest BCUT2D eigenvalue weighted by molar-refractivity contribution is -0.127. The molecule has 3 heterocycles. The standard InChI is InChI=1S/C23H20N4O2/c28-21-22(17-7-3-4-8-18(17)25-21)10-12-23(13-11-22)26-20(27-29-23)19-16-6-2-1-5-15(16)9-14-24-19/h1-9,14H,10-13H2,(H,25,28)(H,26,27). The minimum absolute atomic E-state index is 0.0967. The molecule has 0 radical (unpaired) electrons. The fourth-order valence-electron chi connectivity index (χ4n) is 4.95. The van der Waals surface area contributed by atoms with Crippen LogP contribution in [0.1, 0.15) is 36.9 Å². The van der Waals surface area contributed by atoms with Crippen LogP contribution < -0.4 is 10.8 Å². The zero-order valence-corrected chi connectivity index (χ0v) is 15.8. The Hall–Kier alpha value is -3.25. The largest absolute Gasteiger partial charge is 0.325 e. The summed E-state index contributed by atoms with van der Waals surface area (Å²) in [6, 6.07) is 18.1. The summed E-state index contributed by atoms with van der Waals surface area (Å²) in [6.07, 6.45) is 4.56. The molecule has 29 heavy (non-hydrogen) atoms. The van der Waals surface area contributed by atoms with Crippen molar-refractivity contribution in [2.24, 2.45) is 4.99 Å². The number of hydroxylamine groups is 1. The first-order valence-corrected chi connectivity index (χ1v) is 9.98. The van der Waals surface area contributed by atoms with Crippen LogP contribution in [0.5, 0.6) is 0 Å². The van der Waals surface area contributed by atoms with Gasteiger partial charge in [0.15, 0.2) is 11.6 Å². The molecule has 1 fully saturated rings. The maximum Gasteiger partial charge on any atom is 0.235 e. The summed E-state index contributed by atoms with van der Waals surface area (Å²) in [6.45, 7) is 0. The van der Waals surface area contributed by atoms with E-state index in [0.717, 1.165) is 27.7 Å². The van der Waals surface area contributed by atoms with E-state index in [-0.39, 0.29) is 5.91 Å². The number of para-hydroxylation sites is 1. The van der Waals surface area contributed by atoms with Crippen molar-refractivity contribution < 1.29 is 9.63 Å². The summed E-state index contributed by atoms with van der Waals surface area (Å²) in [5.74, 6) is 0.758. The molecular weight excluding hydrogens is 364 g/mol. The Morgan fingerprint density at radius 3 is 2.62 bits per heavy atom. The molecule has 2 spiro atoms. The third-order valence-electron chi connectivity index (χ3n) is 6.56. The van der Waals surface area contributed by atoms with Crippen LogP contribution in [-0.2, 0) is 15.0 Å². The molecule has 3 aliphatic rings. The van der Waals surface area contributed by atoms with Crippen LogP contribution in [0.4, 0.5) is 5.69 Å². The molecule has 3 aromatic rings. The molecule has 1 amide bonds. The van der Waals surface area contributed by atoms with Crippen LogP contribution in [0.25, 0.3) is 10.8 Å². The van der Waals surface area contributed by atoms with E-state index in [2.05, 4.69) is 27.9 Å². The van der Waals surface area contributed by atoms with E-state index in [1.807, 2.05) is 42.5 Å². The Bertz CT molecular complexity index is 1170. The van der Waals surface area contributed by atoms with Crippen molar-refractivity contribution in [1.29, 1.82) is 0 Å². The van der Waals surface area contributed by atoms with Crippen molar-refractivity contribution >= 4 is 28.2 Å². The van der Waals surface area contributed by atoms with Crippen molar-refractivity contribution in [2.75, 3.05) is 5.32 Å². The number of aliphatic imine (C=N–C) groups is 1. The van der Waals surface area contributed by atoms with Crippen LogP contribution >= 0.6 is 0 Å². The van der Waals surface area contributed by atoms with E-state index in [9.17, 15) is 4.79 Å². The number of pyridine rings is 1. The number of carbonyl (C=O) groups excluding carboxylic acids is 1. The number of fused-ring (bicyclic) bond motifs is 3. The first-order chi connectivity index (χ1) is 14.2. The number of rotatable bonds is 1. The summed E-state index contributed by atoms with van der Waals surface area (Å²) in [5, 5.41) is 5.21. The van der Waals surface area contributed by atoms with Crippen molar-refractivity contribution in [2.45, 2.75) is 36.8 Å². The third kappa shape index (κ3) is 2.36. The number of hydrogen-bond donors (Lipinski definition) is 2. The number of nitrogens with zero attached hydrogens (tertiary/aromatic N) is 2. The second-order valence-corrected chi connectivity index (χ2v) is 8.07. The highest BCUT2D eigenvalue weighted by Gasteiger charge is 2.54. The van der Waals surface area contributed by atoms with Gasteiger partial charge in [0, 0.05) is 30.1 Å². The molecule has 1 saturated carbocycles. The van der Waals surface area contributed by atoms with Gasteiger partial charge in [-0.15, -0.1) is 0 Å². The van der Waals surface area contributed by atoms with Crippen LogP contribution in [-0.4, -0.2) is 22.5 Å². The average Bonchev–Trinajstić information content (AvgIpc) is 3.29. The van der Waals surface area contributed by atoms with Crippen LogP contribution in [0, 0.1) is 0 Å². The van der Waals surface area contributed by atoms with Gasteiger partial charge in [-0.1, -0.05) is 42.5 Å². The predicted octanol–water partition coefficient (Wildman–Crippen LogP) is 3.68. The zero-order valence-electron chi connectivity index (χ0n) is 15.8. The maximum atomic E-state index is 12.8. The molecule has 144 valence electrons. The summed E-state index contributed by atoms with van der Waals surface area (Å²) in [7, 11) is 0. The first-order valence-electron chi connectivity index (χ1n) is 9.98. The van der Waals surface area contributed by atoms with Gasteiger partial charge in [0.25, 0.3) is 0 Å². The Balaban J connectivity index is 1.32. The molecule has 0 atom stereocenters. The van der Waals surface area contributed by atoms with Gasteiger partial charge in [0.2, 0.25) is 5.91 Å². The zero-order chi connectivity index (χ0) is 19.5. The average molecular weight is 384 g/mol. The first kappa shape index (κ1) is 16.7. The van der Waals surface area contributed by atoms with E-state index >= 15 is 0 Å². The molecule has 0 bridgehead atoms. The van der Waals surface area contributed by atoms with Gasteiger partial charge in [-0.3, -0.25) is 9.78 Å². The van der Waals surface area contributed by atoms with Gasteiger partial charge in [0.05, 0.1) is 5.41 Å². The Kier molecular flexibility index (Phi) is 3.38. The van der Waals surface area contributed by atoms with Crippen LogP contribution in [0.2, 0.25) is 0 Å². The van der Waals surface area contributed by atoms with E-state index in [1.54, 1.807) is 6.20 Å². The molecule has 0 unspecified atom stereocenters. The smallest absolute Gasteiger partial charge is 0.235 e. The lowest BCUT2D eigenvalue weighted by atomic mass is 9.68. The number of hydrogen-bond acceptors (Lipinski definition) is 5. The number of benzene rings is 2. The van der Waals surface area contributed by atoms with Gasteiger partial charge in [-0.25, -0.2) is 15.3 Å². The van der Waals surface area contributed by atoms with E-state index in [0.29, 0.717) is 31.5 Å². The minimum Gasteiger partial charge on any atom is -0.325 e. The van der Waals surface area contributed by atoms with Crippen molar-refractivity contribution in [3.05, 3.63) is 72.1 Å². The minimum atomic E-state index is -0.642. The normalized spacial score (nSPS) is 27.7. The van der Waals surface area contributed by atoms with Crippen molar-refractivity contribution in [3.8, 4) is 0 Å². The number of nitrogens with one attached hydrogen (secondary N) is 2. The second-order valence-electron chi connectivity index (χ2n) is 8.07. The number of amidine groups is 1. The molecule has 1 aliphatic carbocycles. The summed E-state index contributed by atoms with van der Waals surface area (Å²) in [4.78, 5) is 28.3. The van der Waals surface area contributed by atoms with Crippen molar-refractivity contribution in [3.63, 3.8) is 0 Å². The van der Waals surface area contributed by atoms with Gasteiger partial charge < -0.3 is 5.32 Å². The molecule has 2 aliphatic heterocycles. The fraction of sp³-hybridized carbons (Fsp3) is 0.261. The molecule has 6 heteroatoms.